The van der Waals surface area contributed by atoms with Gasteiger partial charge in [-0.25, -0.2) is 0 Å². The summed E-state index contributed by atoms with van der Waals surface area (Å²) in [5, 5.41) is 13.6. The molecule has 2 aliphatic carbocycles. The van der Waals surface area contributed by atoms with Crippen LogP contribution in [0.1, 0.15) is 43.3 Å². The maximum absolute atomic E-state index is 9.08. The van der Waals surface area contributed by atoms with E-state index in [4.69, 9.17) is 10.1 Å². The van der Waals surface area contributed by atoms with Gasteiger partial charge in [-0.05, 0) is 43.7 Å². The molecule has 2 fully saturated rings. The predicted octanol–water partition coefficient (Wildman–Crippen LogP) is 2.77. The summed E-state index contributed by atoms with van der Waals surface area (Å²) in [5.41, 5.74) is 3.35. The molecule has 4 nitrogen and oxygen atoms in total. The number of aliphatic hydroxyl groups is 1. The Labute approximate surface area is 118 Å². The third-order valence-corrected chi connectivity index (χ3v) is 4.51. The van der Waals surface area contributed by atoms with Crippen molar-refractivity contribution in [1.82, 2.24) is 14.8 Å². The first-order chi connectivity index (χ1) is 9.83. The lowest BCUT2D eigenvalue weighted by Crippen LogP contribution is -2.29. The number of aliphatic hydroxyl groups excluding tert-OH is 1. The Morgan fingerprint density at radius 1 is 1.25 bits per heavy atom. The SMILES string of the molecule is OCC1CC(n2cc(-c3cccc(C4CC4)n3)cn2)C1. The van der Waals surface area contributed by atoms with Crippen LogP contribution >= 0.6 is 0 Å². The lowest BCUT2D eigenvalue weighted by atomic mass is 9.81. The minimum Gasteiger partial charge on any atom is -0.396 e. The Morgan fingerprint density at radius 2 is 2.10 bits per heavy atom. The Bertz CT molecular complexity index is 612. The molecule has 0 atom stereocenters. The van der Waals surface area contributed by atoms with Gasteiger partial charge in [0.15, 0.2) is 0 Å². The molecule has 2 aromatic rings. The van der Waals surface area contributed by atoms with Crippen molar-refractivity contribution in [2.24, 2.45) is 5.92 Å². The molecule has 2 saturated carbocycles. The topological polar surface area (TPSA) is 50.9 Å². The molecular weight excluding hydrogens is 250 g/mol. The third-order valence-electron chi connectivity index (χ3n) is 4.51. The van der Waals surface area contributed by atoms with Crippen LogP contribution in [0.2, 0.25) is 0 Å². The zero-order chi connectivity index (χ0) is 13.5. The van der Waals surface area contributed by atoms with E-state index in [0.29, 0.717) is 24.5 Å². The molecule has 0 radical (unpaired) electrons. The van der Waals surface area contributed by atoms with Gasteiger partial charge >= 0.3 is 0 Å². The standard InChI is InChI=1S/C16H19N3O/c20-10-11-6-14(7-11)19-9-13(8-17-19)16-3-1-2-15(18-16)12-4-5-12/h1-3,8-9,11-12,14,20H,4-7,10H2. The summed E-state index contributed by atoms with van der Waals surface area (Å²) < 4.78 is 2.03. The van der Waals surface area contributed by atoms with Crippen molar-refractivity contribution < 1.29 is 5.11 Å². The van der Waals surface area contributed by atoms with Gasteiger partial charge in [0, 0.05) is 30.0 Å². The van der Waals surface area contributed by atoms with Gasteiger partial charge in [-0.1, -0.05) is 6.07 Å². The molecule has 0 aromatic carbocycles. The van der Waals surface area contributed by atoms with E-state index >= 15 is 0 Å². The molecule has 20 heavy (non-hydrogen) atoms. The Hall–Kier alpha value is -1.68. The van der Waals surface area contributed by atoms with Crippen molar-refractivity contribution in [2.45, 2.75) is 37.6 Å². The van der Waals surface area contributed by atoms with Crippen LogP contribution in [0.25, 0.3) is 11.3 Å². The Kier molecular flexibility index (Phi) is 2.84. The van der Waals surface area contributed by atoms with Crippen LogP contribution < -0.4 is 0 Å². The predicted molar refractivity (Wildman–Crippen MR) is 76.3 cm³/mol. The third kappa shape index (κ3) is 2.14. The fourth-order valence-electron chi connectivity index (χ4n) is 2.95. The zero-order valence-corrected chi connectivity index (χ0v) is 11.4. The number of pyridine rings is 1. The highest BCUT2D eigenvalue weighted by Crippen LogP contribution is 2.40. The summed E-state index contributed by atoms with van der Waals surface area (Å²) in [6.07, 6.45) is 8.63. The monoisotopic (exact) mass is 269 g/mol. The van der Waals surface area contributed by atoms with Gasteiger partial charge in [-0.2, -0.15) is 5.10 Å². The van der Waals surface area contributed by atoms with Gasteiger partial charge in [0.05, 0.1) is 17.9 Å². The van der Waals surface area contributed by atoms with Gasteiger partial charge in [0.25, 0.3) is 0 Å². The summed E-state index contributed by atoms with van der Waals surface area (Å²) in [7, 11) is 0. The van der Waals surface area contributed by atoms with E-state index in [1.807, 2.05) is 10.9 Å². The Morgan fingerprint density at radius 3 is 2.85 bits per heavy atom. The molecule has 1 N–H and O–H groups in total. The van der Waals surface area contributed by atoms with E-state index in [9.17, 15) is 0 Å². The molecular formula is C16H19N3O. The fraction of sp³-hybridized carbons (Fsp3) is 0.500. The highest BCUT2D eigenvalue weighted by atomic mass is 16.3. The molecule has 104 valence electrons. The molecule has 0 aliphatic heterocycles. The average molecular weight is 269 g/mol. The van der Waals surface area contributed by atoms with Gasteiger partial charge < -0.3 is 5.11 Å². The van der Waals surface area contributed by atoms with Gasteiger partial charge in [0.1, 0.15) is 0 Å². The van der Waals surface area contributed by atoms with Gasteiger partial charge in [0.2, 0.25) is 0 Å². The molecule has 0 unspecified atom stereocenters. The minimum atomic E-state index is 0.301. The van der Waals surface area contributed by atoms with Crippen molar-refractivity contribution in [1.29, 1.82) is 0 Å². The van der Waals surface area contributed by atoms with Gasteiger partial charge in [-0.3, -0.25) is 9.67 Å². The maximum Gasteiger partial charge on any atom is 0.0736 e. The van der Waals surface area contributed by atoms with Crippen LogP contribution in [-0.2, 0) is 0 Å². The lowest BCUT2D eigenvalue weighted by molar-refractivity contribution is 0.105. The Balaban J connectivity index is 1.54. The van der Waals surface area contributed by atoms with Crippen LogP contribution in [0.4, 0.5) is 0 Å². The van der Waals surface area contributed by atoms with Crippen LogP contribution in [-0.4, -0.2) is 26.5 Å². The molecule has 2 aliphatic rings. The zero-order valence-electron chi connectivity index (χ0n) is 11.4. The highest BCUT2D eigenvalue weighted by Gasteiger charge is 2.30. The number of hydrogen-bond donors (Lipinski definition) is 1. The molecule has 4 heteroatoms. The first-order valence-corrected chi connectivity index (χ1v) is 7.46. The summed E-state index contributed by atoms with van der Waals surface area (Å²) >= 11 is 0. The van der Waals surface area contributed by atoms with Crippen LogP contribution in [0.3, 0.4) is 0 Å². The van der Waals surface area contributed by atoms with E-state index in [1.54, 1.807) is 0 Å². The van der Waals surface area contributed by atoms with Gasteiger partial charge in [-0.15, -0.1) is 0 Å². The highest BCUT2D eigenvalue weighted by molar-refractivity contribution is 5.57. The molecule has 4 rings (SSSR count). The minimum absolute atomic E-state index is 0.301. The normalized spacial score (nSPS) is 25.4. The van der Waals surface area contributed by atoms with E-state index < -0.39 is 0 Å². The number of nitrogens with zero attached hydrogens (tertiary/aromatic N) is 3. The van der Waals surface area contributed by atoms with E-state index in [1.165, 1.54) is 18.5 Å². The summed E-state index contributed by atoms with van der Waals surface area (Å²) in [4.78, 5) is 4.76. The van der Waals surface area contributed by atoms with Crippen molar-refractivity contribution in [2.75, 3.05) is 6.61 Å². The lowest BCUT2D eigenvalue weighted by Gasteiger charge is -2.33. The van der Waals surface area contributed by atoms with Crippen molar-refractivity contribution in [3.63, 3.8) is 0 Å². The van der Waals surface area contributed by atoms with Crippen molar-refractivity contribution in [3.05, 3.63) is 36.3 Å². The smallest absolute Gasteiger partial charge is 0.0736 e. The van der Waals surface area contributed by atoms with E-state index in [2.05, 4.69) is 29.5 Å². The maximum atomic E-state index is 9.08. The number of aromatic nitrogens is 3. The second-order valence-corrected chi connectivity index (χ2v) is 6.10. The summed E-state index contributed by atoms with van der Waals surface area (Å²) in [6.45, 7) is 0.301. The second-order valence-electron chi connectivity index (χ2n) is 6.10. The molecule has 2 aromatic heterocycles. The van der Waals surface area contributed by atoms with Crippen LogP contribution in [0.5, 0.6) is 0 Å². The number of hydrogen-bond acceptors (Lipinski definition) is 3. The van der Waals surface area contributed by atoms with Crippen molar-refractivity contribution >= 4 is 0 Å². The van der Waals surface area contributed by atoms with E-state index in [0.717, 1.165) is 24.1 Å². The quantitative estimate of drug-likeness (QED) is 0.928. The molecule has 0 saturated heterocycles. The fourth-order valence-corrected chi connectivity index (χ4v) is 2.95. The van der Waals surface area contributed by atoms with Crippen LogP contribution in [0.15, 0.2) is 30.6 Å². The second kappa shape index (κ2) is 4.70. The van der Waals surface area contributed by atoms with Crippen molar-refractivity contribution in [3.8, 4) is 11.3 Å². The number of rotatable bonds is 4. The summed E-state index contributed by atoms with van der Waals surface area (Å²) in [5.74, 6) is 1.14. The van der Waals surface area contributed by atoms with Crippen LogP contribution in [0, 0.1) is 5.92 Å². The van der Waals surface area contributed by atoms with E-state index in [-0.39, 0.29) is 0 Å². The molecule has 0 spiro atoms. The molecule has 0 bridgehead atoms. The first-order valence-electron chi connectivity index (χ1n) is 7.46. The largest absolute Gasteiger partial charge is 0.396 e. The molecule has 0 amide bonds. The first kappa shape index (κ1) is 12.1. The summed E-state index contributed by atoms with van der Waals surface area (Å²) in [6, 6.07) is 6.74. The average Bonchev–Trinajstić information content (AvgIpc) is 3.17. The molecule has 2 heterocycles.